The number of ketones is 1. The van der Waals surface area contributed by atoms with Gasteiger partial charge in [0, 0.05) is 16.7 Å². The molecular weight excluding hydrogens is 352 g/mol. The summed E-state index contributed by atoms with van der Waals surface area (Å²) in [5.41, 5.74) is 3.28. The molecule has 0 fully saturated rings. The van der Waals surface area contributed by atoms with E-state index in [1.807, 2.05) is 49.4 Å². The molecule has 1 heterocycles. The number of aromatic nitrogens is 2. The molecular formula is C23H18N2O3. The van der Waals surface area contributed by atoms with Gasteiger partial charge in [-0.1, -0.05) is 59.8 Å². The number of ether oxygens (including phenoxy) is 1. The molecule has 0 N–H and O–H groups in total. The molecule has 1 aromatic heterocycles. The van der Waals surface area contributed by atoms with E-state index in [9.17, 15) is 4.79 Å². The molecule has 0 aliphatic heterocycles. The Bertz CT molecular complexity index is 1090. The summed E-state index contributed by atoms with van der Waals surface area (Å²) < 4.78 is 11.0. The number of aryl methyl sites for hydroxylation is 1. The number of benzene rings is 3. The second-order valence-corrected chi connectivity index (χ2v) is 6.33. The molecule has 5 heteroatoms. The summed E-state index contributed by atoms with van der Waals surface area (Å²) in [5, 5.41) is 4.02. The average Bonchev–Trinajstić information content (AvgIpc) is 3.22. The lowest BCUT2D eigenvalue weighted by molar-refractivity contribution is 0.103. The van der Waals surface area contributed by atoms with Crippen LogP contribution in [-0.2, 0) is 6.61 Å². The smallest absolute Gasteiger partial charge is 0.264 e. The first-order valence-electron chi connectivity index (χ1n) is 8.92. The van der Waals surface area contributed by atoms with Gasteiger partial charge in [0.25, 0.3) is 5.89 Å². The van der Waals surface area contributed by atoms with E-state index in [-0.39, 0.29) is 12.4 Å². The fraction of sp³-hybridized carbons (Fsp3) is 0.0870. The SMILES string of the molecule is Cc1ccccc1-c1noc(COc2ccc(C(=O)c3ccccc3)cc2)n1. The van der Waals surface area contributed by atoms with E-state index in [1.165, 1.54) is 0 Å². The second kappa shape index (κ2) is 7.88. The van der Waals surface area contributed by atoms with Gasteiger partial charge in [-0.05, 0) is 36.8 Å². The Morgan fingerprint density at radius 3 is 2.32 bits per heavy atom. The van der Waals surface area contributed by atoms with Crippen molar-refractivity contribution in [1.82, 2.24) is 10.1 Å². The van der Waals surface area contributed by atoms with E-state index in [2.05, 4.69) is 10.1 Å². The Balaban J connectivity index is 1.41. The minimum atomic E-state index is -0.0214. The van der Waals surface area contributed by atoms with Gasteiger partial charge < -0.3 is 9.26 Å². The van der Waals surface area contributed by atoms with Crippen molar-refractivity contribution in [3.8, 4) is 17.1 Å². The van der Waals surface area contributed by atoms with Gasteiger partial charge in [0.05, 0.1) is 0 Å². The maximum Gasteiger partial charge on any atom is 0.264 e. The molecule has 3 aromatic carbocycles. The van der Waals surface area contributed by atoms with Crippen molar-refractivity contribution in [1.29, 1.82) is 0 Å². The Morgan fingerprint density at radius 2 is 1.57 bits per heavy atom. The van der Waals surface area contributed by atoms with E-state index in [1.54, 1.807) is 36.4 Å². The molecule has 0 unspecified atom stereocenters. The van der Waals surface area contributed by atoms with Gasteiger partial charge in [-0.15, -0.1) is 0 Å². The van der Waals surface area contributed by atoms with Gasteiger partial charge in [0.1, 0.15) is 5.75 Å². The largest absolute Gasteiger partial charge is 0.484 e. The molecule has 0 saturated heterocycles. The number of rotatable bonds is 6. The second-order valence-electron chi connectivity index (χ2n) is 6.33. The lowest BCUT2D eigenvalue weighted by Crippen LogP contribution is -2.01. The van der Waals surface area contributed by atoms with Crippen molar-refractivity contribution in [2.75, 3.05) is 0 Å². The van der Waals surface area contributed by atoms with Crippen molar-refractivity contribution in [3.63, 3.8) is 0 Å². The monoisotopic (exact) mass is 370 g/mol. The average molecular weight is 370 g/mol. The van der Waals surface area contributed by atoms with Crippen LogP contribution >= 0.6 is 0 Å². The molecule has 0 aliphatic carbocycles. The van der Waals surface area contributed by atoms with E-state index in [4.69, 9.17) is 9.26 Å². The van der Waals surface area contributed by atoms with Gasteiger partial charge in [0.2, 0.25) is 5.82 Å². The fourth-order valence-corrected chi connectivity index (χ4v) is 2.85. The Labute approximate surface area is 162 Å². The summed E-state index contributed by atoms with van der Waals surface area (Å²) in [6.45, 7) is 2.16. The van der Waals surface area contributed by atoms with Crippen LogP contribution < -0.4 is 4.74 Å². The summed E-state index contributed by atoms with van der Waals surface area (Å²) >= 11 is 0. The molecule has 0 bridgehead atoms. The number of carbonyl (C=O) groups excluding carboxylic acids is 1. The zero-order valence-electron chi connectivity index (χ0n) is 15.3. The van der Waals surface area contributed by atoms with Gasteiger partial charge in [-0.2, -0.15) is 4.98 Å². The van der Waals surface area contributed by atoms with Crippen LogP contribution in [0.2, 0.25) is 0 Å². The normalized spacial score (nSPS) is 10.6. The zero-order chi connectivity index (χ0) is 19.3. The summed E-state index contributed by atoms with van der Waals surface area (Å²) in [6, 6.07) is 24.0. The van der Waals surface area contributed by atoms with Crippen molar-refractivity contribution < 1.29 is 14.1 Å². The molecule has 4 aromatic rings. The van der Waals surface area contributed by atoms with E-state index in [0.29, 0.717) is 28.6 Å². The van der Waals surface area contributed by atoms with Crippen molar-refractivity contribution >= 4 is 5.78 Å². The number of hydrogen-bond acceptors (Lipinski definition) is 5. The third-order valence-corrected chi connectivity index (χ3v) is 4.37. The minimum absolute atomic E-state index is 0.0214. The first-order valence-corrected chi connectivity index (χ1v) is 8.92. The Morgan fingerprint density at radius 1 is 0.893 bits per heavy atom. The van der Waals surface area contributed by atoms with Crippen molar-refractivity contribution in [2.24, 2.45) is 0 Å². The van der Waals surface area contributed by atoms with Gasteiger partial charge >= 0.3 is 0 Å². The molecule has 0 saturated carbocycles. The zero-order valence-corrected chi connectivity index (χ0v) is 15.3. The highest BCUT2D eigenvalue weighted by atomic mass is 16.5. The molecule has 28 heavy (non-hydrogen) atoms. The van der Waals surface area contributed by atoms with E-state index in [0.717, 1.165) is 11.1 Å². The van der Waals surface area contributed by atoms with Crippen LogP contribution in [0.5, 0.6) is 5.75 Å². The lowest BCUT2D eigenvalue weighted by atomic mass is 10.0. The van der Waals surface area contributed by atoms with Crippen LogP contribution in [0.1, 0.15) is 27.4 Å². The molecule has 0 radical (unpaired) electrons. The predicted molar refractivity (Wildman–Crippen MR) is 105 cm³/mol. The molecule has 5 nitrogen and oxygen atoms in total. The van der Waals surface area contributed by atoms with E-state index >= 15 is 0 Å². The fourth-order valence-electron chi connectivity index (χ4n) is 2.85. The van der Waals surface area contributed by atoms with Crippen molar-refractivity contribution in [3.05, 3.63) is 101 Å². The topological polar surface area (TPSA) is 65.2 Å². The third-order valence-electron chi connectivity index (χ3n) is 4.37. The highest BCUT2D eigenvalue weighted by Crippen LogP contribution is 2.21. The van der Waals surface area contributed by atoms with Crippen LogP contribution in [0, 0.1) is 6.92 Å². The Hall–Kier alpha value is -3.73. The van der Waals surface area contributed by atoms with Crippen LogP contribution in [0.3, 0.4) is 0 Å². The summed E-state index contributed by atoms with van der Waals surface area (Å²) in [4.78, 5) is 16.8. The van der Waals surface area contributed by atoms with Gasteiger partial charge in [0.15, 0.2) is 12.4 Å². The summed E-state index contributed by atoms with van der Waals surface area (Å²) in [6.07, 6.45) is 0. The predicted octanol–water partition coefficient (Wildman–Crippen LogP) is 4.86. The maximum absolute atomic E-state index is 12.4. The summed E-state index contributed by atoms with van der Waals surface area (Å²) in [7, 11) is 0. The van der Waals surface area contributed by atoms with E-state index < -0.39 is 0 Å². The molecule has 0 atom stereocenters. The highest BCUT2D eigenvalue weighted by Gasteiger charge is 2.12. The number of nitrogens with zero attached hydrogens (tertiary/aromatic N) is 2. The maximum atomic E-state index is 12.4. The molecule has 0 amide bonds. The number of carbonyl (C=O) groups is 1. The molecule has 0 spiro atoms. The molecule has 138 valence electrons. The summed E-state index contributed by atoms with van der Waals surface area (Å²) in [5.74, 6) is 1.54. The third kappa shape index (κ3) is 3.83. The Kier molecular flexibility index (Phi) is 4.97. The first kappa shape index (κ1) is 17.7. The number of hydrogen-bond donors (Lipinski definition) is 0. The van der Waals surface area contributed by atoms with Crippen LogP contribution in [0.25, 0.3) is 11.4 Å². The van der Waals surface area contributed by atoms with Gasteiger partial charge in [-0.25, -0.2) is 0 Å². The molecule has 0 aliphatic rings. The van der Waals surface area contributed by atoms with Gasteiger partial charge in [-0.3, -0.25) is 4.79 Å². The lowest BCUT2D eigenvalue weighted by Gasteiger charge is -2.05. The first-order chi connectivity index (χ1) is 13.7. The van der Waals surface area contributed by atoms with Crippen LogP contribution in [0.4, 0.5) is 0 Å². The highest BCUT2D eigenvalue weighted by molar-refractivity contribution is 6.08. The van der Waals surface area contributed by atoms with Crippen molar-refractivity contribution in [2.45, 2.75) is 13.5 Å². The molecule has 4 rings (SSSR count). The van der Waals surface area contributed by atoms with Crippen LogP contribution in [-0.4, -0.2) is 15.9 Å². The minimum Gasteiger partial charge on any atom is -0.484 e. The standard InChI is InChI=1S/C23H18N2O3/c1-16-7-5-6-10-20(16)23-24-21(28-25-23)15-27-19-13-11-18(12-14-19)22(26)17-8-3-2-4-9-17/h2-14H,15H2,1H3. The van der Waals surface area contributed by atoms with Crippen LogP contribution in [0.15, 0.2) is 83.4 Å². The quantitative estimate of drug-likeness (QED) is 0.454.